The summed E-state index contributed by atoms with van der Waals surface area (Å²) in [5.74, 6) is 0.546. The minimum absolute atomic E-state index is 0.132. The molecule has 1 aliphatic carbocycles. The zero-order chi connectivity index (χ0) is 11.8. The lowest BCUT2D eigenvalue weighted by Crippen LogP contribution is -2.34. The molecule has 0 amide bonds. The molecular weight excluding hydrogens is 330 g/mol. The molecule has 0 bridgehead atoms. The highest BCUT2D eigenvalue weighted by Gasteiger charge is 2.28. The van der Waals surface area contributed by atoms with E-state index in [1.807, 2.05) is 28.7 Å². The highest BCUT2D eigenvalue weighted by atomic mass is 127. The first-order chi connectivity index (χ1) is 8.24. The minimum atomic E-state index is -0.132. The molecule has 1 aromatic carbocycles. The fourth-order valence-electron chi connectivity index (χ4n) is 2.90. The summed E-state index contributed by atoms with van der Waals surface area (Å²) in [4.78, 5) is 0. The van der Waals surface area contributed by atoms with Gasteiger partial charge in [0.05, 0.1) is 14.9 Å². The predicted octanol–water partition coefficient (Wildman–Crippen LogP) is 3.83. The first-order valence-electron chi connectivity index (χ1n) is 6.23. The van der Waals surface area contributed by atoms with Gasteiger partial charge in [-0.25, -0.2) is 4.39 Å². The molecule has 92 valence electrons. The van der Waals surface area contributed by atoms with Crippen LogP contribution in [0.4, 0.5) is 15.8 Å². The molecule has 0 aromatic heterocycles. The zero-order valence-corrected chi connectivity index (χ0v) is 11.8. The summed E-state index contributed by atoms with van der Waals surface area (Å²) in [6.45, 7) is 1.01. The fraction of sp³-hybridized carbons (Fsp3) is 0.538. The minimum Gasteiger partial charge on any atom is -0.383 e. The smallest absolute Gasteiger partial charge is 0.138 e. The molecule has 3 rings (SSSR count). The monoisotopic (exact) mass is 346 g/mol. The standard InChI is InChI=1S/C13H16FIN2/c14-9-5-13-12(6-10(9)15)16-7-8-3-1-2-4-11(8)17-13/h5-6,8,11,16-17H,1-4,7H2. The maximum absolute atomic E-state index is 13.6. The number of hydrogen-bond acceptors (Lipinski definition) is 2. The van der Waals surface area contributed by atoms with Crippen molar-refractivity contribution in [2.45, 2.75) is 31.7 Å². The van der Waals surface area contributed by atoms with Crippen LogP contribution in [-0.4, -0.2) is 12.6 Å². The first-order valence-corrected chi connectivity index (χ1v) is 7.31. The molecule has 17 heavy (non-hydrogen) atoms. The molecule has 2 atom stereocenters. The van der Waals surface area contributed by atoms with E-state index in [1.165, 1.54) is 25.7 Å². The second kappa shape index (κ2) is 4.63. The Hall–Kier alpha value is -0.520. The summed E-state index contributed by atoms with van der Waals surface area (Å²) in [7, 11) is 0. The van der Waals surface area contributed by atoms with E-state index in [9.17, 15) is 4.39 Å². The number of benzene rings is 1. The summed E-state index contributed by atoms with van der Waals surface area (Å²) in [6, 6.07) is 4.04. The highest BCUT2D eigenvalue weighted by Crippen LogP contribution is 2.35. The average Bonchev–Trinajstić information content (AvgIpc) is 2.49. The van der Waals surface area contributed by atoms with E-state index in [0.717, 1.165) is 17.9 Å². The van der Waals surface area contributed by atoms with E-state index < -0.39 is 0 Å². The lowest BCUT2D eigenvalue weighted by molar-refractivity contribution is 0.342. The van der Waals surface area contributed by atoms with E-state index in [2.05, 4.69) is 10.6 Å². The quantitative estimate of drug-likeness (QED) is 0.698. The largest absolute Gasteiger partial charge is 0.383 e. The van der Waals surface area contributed by atoms with Gasteiger partial charge >= 0.3 is 0 Å². The van der Waals surface area contributed by atoms with Gasteiger partial charge in [0.1, 0.15) is 5.82 Å². The maximum atomic E-state index is 13.6. The van der Waals surface area contributed by atoms with E-state index in [0.29, 0.717) is 15.5 Å². The molecule has 0 radical (unpaired) electrons. The Balaban J connectivity index is 1.93. The van der Waals surface area contributed by atoms with Crippen molar-refractivity contribution in [1.29, 1.82) is 0 Å². The molecule has 1 heterocycles. The Kier molecular flexibility index (Phi) is 3.15. The lowest BCUT2D eigenvalue weighted by Gasteiger charge is -2.30. The molecule has 2 nitrogen and oxygen atoms in total. The van der Waals surface area contributed by atoms with Crippen molar-refractivity contribution in [3.63, 3.8) is 0 Å². The molecule has 1 saturated carbocycles. The summed E-state index contributed by atoms with van der Waals surface area (Å²) in [5, 5.41) is 6.98. The van der Waals surface area contributed by atoms with Crippen LogP contribution < -0.4 is 10.6 Å². The fourth-order valence-corrected chi connectivity index (χ4v) is 3.36. The Morgan fingerprint density at radius 2 is 2.00 bits per heavy atom. The molecule has 1 aromatic rings. The number of rotatable bonds is 0. The van der Waals surface area contributed by atoms with Gasteiger partial charge in [-0.2, -0.15) is 0 Å². The topological polar surface area (TPSA) is 24.1 Å². The zero-order valence-electron chi connectivity index (χ0n) is 9.60. The summed E-state index contributed by atoms with van der Waals surface area (Å²) in [6.07, 6.45) is 5.10. The number of nitrogens with one attached hydrogen (secondary N) is 2. The van der Waals surface area contributed by atoms with E-state index in [4.69, 9.17) is 0 Å². The summed E-state index contributed by atoms with van der Waals surface area (Å²) < 4.78 is 14.3. The van der Waals surface area contributed by atoms with Crippen LogP contribution >= 0.6 is 22.6 Å². The van der Waals surface area contributed by atoms with Crippen molar-refractivity contribution in [1.82, 2.24) is 0 Å². The van der Waals surface area contributed by atoms with E-state index in [-0.39, 0.29) is 5.82 Å². The molecule has 0 saturated heterocycles. The molecule has 2 unspecified atom stereocenters. The van der Waals surface area contributed by atoms with Gasteiger partial charge in [-0.15, -0.1) is 0 Å². The molecule has 0 spiro atoms. The van der Waals surface area contributed by atoms with Crippen LogP contribution in [0.2, 0.25) is 0 Å². The van der Waals surface area contributed by atoms with Crippen LogP contribution in [0, 0.1) is 15.3 Å². The van der Waals surface area contributed by atoms with Crippen molar-refractivity contribution < 1.29 is 4.39 Å². The van der Waals surface area contributed by atoms with Crippen molar-refractivity contribution in [2.24, 2.45) is 5.92 Å². The molecule has 1 fully saturated rings. The summed E-state index contributed by atoms with van der Waals surface area (Å²) >= 11 is 2.04. The van der Waals surface area contributed by atoms with Crippen LogP contribution in [0.5, 0.6) is 0 Å². The lowest BCUT2D eigenvalue weighted by atomic mass is 9.84. The first kappa shape index (κ1) is 11.6. The van der Waals surface area contributed by atoms with Gasteiger partial charge in [-0.1, -0.05) is 12.8 Å². The number of halogens is 2. The Morgan fingerprint density at radius 3 is 2.88 bits per heavy atom. The van der Waals surface area contributed by atoms with Crippen molar-refractivity contribution in [2.75, 3.05) is 17.2 Å². The third-order valence-corrected chi connectivity index (χ3v) is 4.69. The molecule has 4 heteroatoms. The van der Waals surface area contributed by atoms with Crippen LogP contribution in [-0.2, 0) is 0 Å². The van der Waals surface area contributed by atoms with Gasteiger partial charge in [0, 0.05) is 18.7 Å². The van der Waals surface area contributed by atoms with Crippen LogP contribution in [0.3, 0.4) is 0 Å². The van der Waals surface area contributed by atoms with Gasteiger partial charge < -0.3 is 10.6 Å². The van der Waals surface area contributed by atoms with Crippen LogP contribution in [0.1, 0.15) is 25.7 Å². The Labute approximate surface area is 115 Å². The van der Waals surface area contributed by atoms with Gasteiger partial charge in [-0.05, 0) is 47.4 Å². The van der Waals surface area contributed by atoms with Gasteiger partial charge in [-0.3, -0.25) is 0 Å². The molecule has 1 aliphatic heterocycles. The van der Waals surface area contributed by atoms with Crippen molar-refractivity contribution >= 4 is 34.0 Å². The normalized spacial score (nSPS) is 27.2. The number of anilines is 2. The second-order valence-corrected chi connectivity index (χ2v) is 6.15. The average molecular weight is 346 g/mol. The van der Waals surface area contributed by atoms with E-state index in [1.54, 1.807) is 6.07 Å². The second-order valence-electron chi connectivity index (χ2n) is 4.99. The maximum Gasteiger partial charge on any atom is 0.138 e. The molecule has 2 aliphatic rings. The summed E-state index contributed by atoms with van der Waals surface area (Å²) in [5.41, 5.74) is 1.97. The molecular formula is C13H16FIN2. The SMILES string of the molecule is Fc1cc2c(cc1I)NCC1CCCCC1N2. The van der Waals surface area contributed by atoms with E-state index >= 15 is 0 Å². The van der Waals surface area contributed by atoms with Crippen molar-refractivity contribution in [3.8, 4) is 0 Å². The van der Waals surface area contributed by atoms with Crippen molar-refractivity contribution in [3.05, 3.63) is 21.5 Å². The van der Waals surface area contributed by atoms with Gasteiger partial charge in [0.2, 0.25) is 0 Å². The van der Waals surface area contributed by atoms with Gasteiger partial charge in [0.15, 0.2) is 0 Å². The highest BCUT2D eigenvalue weighted by molar-refractivity contribution is 14.1. The number of hydrogen-bond donors (Lipinski definition) is 2. The number of fused-ring (bicyclic) bond motifs is 2. The Morgan fingerprint density at radius 1 is 1.18 bits per heavy atom. The van der Waals surface area contributed by atoms with Gasteiger partial charge in [0.25, 0.3) is 0 Å². The van der Waals surface area contributed by atoms with Crippen LogP contribution in [0.15, 0.2) is 12.1 Å². The third-order valence-electron chi connectivity index (χ3n) is 3.87. The van der Waals surface area contributed by atoms with Crippen LogP contribution in [0.25, 0.3) is 0 Å². The third kappa shape index (κ3) is 2.23. The predicted molar refractivity (Wildman–Crippen MR) is 77.0 cm³/mol. The molecule has 2 N–H and O–H groups in total. The Bertz CT molecular complexity index is 436.